The first kappa shape index (κ1) is 11.0. The highest BCUT2D eigenvalue weighted by atomic mass is 19.1. The van der Waals surface area contributed by atoms with E-state index in [1.165, 1.54) is 12.1 Å². The minimum absolute atomic E-state index is 0.177. The van der Waals surface area contributed by atoms with Crippen molar-refractivity contribution < 1.29 is 9.23 Å². The monoisotopic (exact) mass is 245 g/mol. The van der Waals surface area contributed by atoms with Gasteiger partial charge in [-0.2, -0.15) is 0 Å². The number of nitrogens with one attached hydrogen (secondary N) is 1. The summed E-state index contributed by atoms with van der Waals surface area (Å²) in [6.07, 6.45) is 7.16. The van der Waals surface area contributed by atoms with Crippen molar-refractivity contribution >= 4 is 0 Å². The van der Waals surface area contributed by atoms with Crippen LogP contribution in [0.4, 0.5) is 4.39 Å². The van der Waals surface area contributed by atoms with E-state index in [4.69, 9.17) is 4.84 Å². The van der Waals surface area contributed by atoms with Gasteiger partial charge in [0.2, 0.25) is 0 Å². The summed E-state index contributed by atoms with van der Waals surface area (Å²) in [5, 5.41) is 0. The number of halogens is 1. The van der Waals surface area contributed by atoms with E-state index < -0.39 is 0 Å². The van der Waals surface area contributed by atoms with Crippen LogP contribution in [0.2, 0.25) is 0 Å². The van der Waals surface area contributed by atoms with Crippen molar-refractivity contribution in [1.29, 1.82) is 0 Å². The molecule has 0 saturated carbocycles. The molecule has 1 aromatic carbocycles. The average Bonchev–Trinajstić information content (AvgIpc) is 3.02. The van der Waals surface area contributed by atoms with Crippen molar-refractivity contribution in [2.45, 2.75) is 12.6 Å². The molecule has 1 aromatic heterocycles. The van der Waals surface area contributed by atoms with E-state index in [0.29, 0.717) is 6.54 Å². The Morgan fingerprint density at radius 1 is 1.33 bits per heavy atom. The minimum atomic E-state index is -0.243. The number of imidazole rings is 1. The molecule has 2 aromatic rings. The lowest BCUT2D eigenvalue weighted by molar-refractivity contribution is 0.0402. The van der Waals surface area contributed by atoms with Crippen LogP contribution in [0.1, 0.15) is 11.7 Å². The zero-order valence-electron chi connectivity index (χ0n) is 9.58. The molecule has 5 heteroatoms. The Morgan fingerprint density at radius 2 is 2.17 bits per heavy atom. The Labute approximate surface area is 104 Å². The number of rotatable bonds is 3. The van der Waals surface area contributed by atoms with Gasteiger partial charge in [-0.25, -0.2) is 9.37 Å². The van der Waals surface area contributed by atoms with Crippen LogP contribution in [-0.2, 0) is 11.4 Å². The topological polar surface area (TPSA) is 39.1 Å². The molecular formula is C13H12FN3O. The normalized spacial score (nSPS) is 18.5. The van der Waals surface area contributed by atoms with Crippen LogP contribution in [0.3, 0.4) is 0 Å². The molecule has 0 amide bonds. The lowest BCUT2D eigenvalue weighted by Gasteiger charge is -2.07. The third-order valence-corrected chi connectivity index (χ3v) is 2.78. The maximum absolute atomic E-state index is 12.8. The van der Waals surface area contributed by atoms with Gasteiger partial charge in [-0.15, -0.1) is 0 Å². The first-order chi connectivity index (χ1) is 8.81. The molecule has 0 fully saturated rings. The van der Waals surface area contributed by atoms with E-state index >= 15 is 0 Å². The van der Waals surface area contributed by atoms with Gasteiger partial charge < -0.3 is 4.57 Å². The molecule has 0 aliphatic carbocycles. The van der Waals surface area contributed by atoms with Crippen LogP contribution < -0.4 is 5.48 Å². The molecule has 1 aliphatic rings. The van der Waals surface area contributed by atoms with Crippen molar-refractivity contribution in [3.05, 3.63) is 66.1 Å². The van der Waals surface area contributed by atoms with Crippen LogP contribution >= 0.6 is 0 Å². The van der Waals surface area contributed by atoms with Gasteiger partial charge in [0.05, 0.1) is 18.6 Å². The number of hydrogen-bond donors (Lipinski definition) is 1. The zero-order chi connectivity index (χ0) is 12.4. The van der Waals surface area contributed by atoms with E-state index in [9.17, 15) is 4.39 Å². The first-order valence-electron chi connectivity index (χ1n) is 5.65. The molecule has 18 heavy (non-hydrogen) atoms. The summed E-state index contributed by atoms with van der Waals surface area (Å²) in [7, 11) is 0. The van der Waals surface area contributed by atoms with E-state index in [0.717, 1.165) is 11.3 Å². The average molecular weight is 245 g/mol. The van der Waals surface area contributed by atoms with Crippen molar-refractivity contribution in [2.24, 2.45) is 0 Å². The highest BCUT2D eigenvalue weighted by Gasteiger charge is 2.18. The number of nitrogens with zero attached hydrogens (tertiary/aromatic N) is 2. The summed E-state index contributed by atoms with van der Waals surface area (Å²) < 4.78 is 14.8. The van der Waals surface area contributed by atoms with Gasteiger partial charge in [-0.05, 0) is 23.8 Å². The highest BCUT2D eigenvalue weighted by molar-refractivity contribution is 5.25. The first-order valence-corrected chi connectivity index (χ1v) is 5.65. The second-order valence-electron chi connectivity index (χ2n) is 4.12. The highest BCUT2D eigenvalue weighted by Crippen LogP contribution is 2.24. The fourth-order valence-electron chi connectivity index (χ4n) is 1.87. The molecule has 1 unspecified atom stereocenters. The molecule has 0 spiro atoms. The molecule has 3 rings (SSSR count). The fourth-order valence-corrected chi connectivity index (χ4v) is 1.87. The van der Waals surface area contributed by atoms with Crippen LogP contribution in [0.15, 0.2) is 54.8 Å². The molecule has 1 atom stereocenters. The van der Waals surface area contributed by atoms with Crippen molar-refractivity contribution in [3.8, 4) is 0 Å². The smallest absolute Gasteiger partial charge is 0.131 e. The second kappa shape index (κ2) is 4.62. The predicted octanol–water partition coefficient (Wildman–Crippen LogP) is 2.18. The summed E-state index contributed by atoms with van der Waals surface area (Å²) in [6.45, 7) is 0.678. The molecule has 0 bridgehead atoms. The molecule has 4 nitrogen and oxygen atoms in total. The van der Waals surface area contributed by atoms with Gasteiger partial charge in [-0.1, -0.05) is 12.1 Å². The summed E-state index contributed by atoms with van der Waals surface area (Å²) in [5.74, 6) is -0.243. The Morgan fingerprint density at radius 3 is 2.89 bits per heavy atom. The van der Waals surface area contributed by atoms with E-state index in [1.54, 1.807) is 24.7 Å². The number of benzene rings is 1. The third kappa shape index (κ3) is 2.26. The summed E-state index contributed by atoms with van der Waals surface area (Å²) >= 11 is 0. The molecule has 92 valence electrons. The van der Waals surface area contributed by atoms with Crippen LogP contribution in [0.25, 0.3) is 0 Å². The van der Waals surface area contributed by atoms with Gasteiger partial charge in [0.15, 0.2) is 0 Å². The lowest BCUT2D eigenvalue weighted by atomic mass is 10.1. The van der Waals surface area contributed by atoms with Crippen LogP contribution in [-0.4, -0.2) is 9.55 Å². The molecule has 2 heterocycles. The van der Waals surface area contributed by atoms with Crippen molar-refractivity contribution in [1.82, 2.24) is 15.0 Å². The largest absolute Gasteiger partial charge is 0.332 e. The van der Waals surface area contributed by atoms with E-state index in [-0.39, 0.29) is 11.9 Å². The molecule has 0 saturated heterocycles. The van der Waals surface area contributed by atoms with Gasteiger partial charge in [0, 0.05) is 12.4 Å². The Balaban J connectivity index is 1.73. The summed E-state index contributed by atoms with van der Waals surface area (Å²) in [6, 6.07) is 6.30. The Kier molecular flexibility index (Phi) is 2.82. The fraction of sp³-hybridized carbons (Fsp3) is 0.154. The summed E-state index contributed by atoms with van der Waals surface area (Å²) in [4.78, 5) is 9.42. The SMILES string of the molecule is Fc1ccc(C2C=C(Cn3ccnc3)NO2)cc1. The second-order valence-corrected chi connectivity index (χ2v) is 4.12. The maximum atomic E-state index is 12.8. The maximum Gasteiger partial charge on any atom is 0.131 e. The summed E-state index contributed by atoms with van der Waals surface area (Å²) in [5.41, 5.74) is 4.76. The van der Waals surface area contributed by atoms with Gasteiger partial charge >= 0.3 is 0 Å². The predicted molar refractivity (Wildman–Crippen MR) is 63.7 cm³/mol. The number of hydrogen-bond acceptors (Lipinski definition) is 3. The third-order valence-electron chi connectivity index (χ3n) is 2.78. The molecule has 0 radical (unpaired) electrons. The number of aromatic nitrogens is 2. The van der Waals surface area contributed by atoms with Gasteiger partial charge in [0.25, 0.3) is 0 Å². The van der Waals surface area contributed by atoms with Crippen LogP contribution in [0.5, 0.6) is 0 Å². The van der Waals surface area contributed by atoms with Gasteiger partial charge in [0.1, 0.15) is 11.9 Å². The quantitative estimate of drug-likeness (QED) is 0.900. The lowest BCUT2D eigenvalue weighted by Crippen LogP contribution is -2.12. The van der Waals surface area contributed by atoms with E-state index in [1.807, 2.05) is 16.8 Å². The van der Waals surface area contributed by atoms with E-state index in [2.05, 4.69) is 10.5 Å². The Bertz CT molecular complexity index is 548. The standard InChI is InChI=1S/C13H12FN3O/c14-11-3-1-10(2-4-11)13-7-12(16-18-13)8-17-6-5-15-9-17/h1-7,9,13,16H,8H2. The number of hydroxylamine groups is 1. The number of allylic oxidation sites excluding steroid dienone is 1. The minimum Gasteiger partial charge on any atom is -0.332 e. The van der Waals surface area contributed by atoms with Gasteiger partial charge in [-0.3, -0.25) is 10.3 Å². The molecular weight excluding hydrogens is 233 g/mol. The molecule has 1 N–H and O–H groups in total. The van der Waals surface area contributed by atoms with Crippen molar-refractivity contribution in [3.63, 3.8) is 0 Å². The van der Waals surface area contributed by atoms with Crippen LogP contribution in [0, 0.1) is 5.82 Å². The Hall–Kier alpha value is -2.14. The van der Waals surface area contributed by atoms with Crippen molar-refractivity contribution in [2.75, 3.05) is 0 Å². The molecule has 1 aliphatic heterocycles. The zero-order valence-corrected chi connectivity index (χ0v) is 9.58.